The number of carbonyl (C=O) groups excluding carboxylic acids is 3. The Morgan fingerprint density at radius 3 is 2.04 bits per heavy atom. The van der Waals surface area contributed by atoms with Crippen LogP contribution in [0.3, 0.4) is 0 Å². The van der Waals surface area contributed by atoms with Gasteiger partial charge in [-0.2, -0.15) is 0 Å². The van der Waals surface area contributed by atoms with Gasteiger partial charge in [0.15, 0.2) is 5.78 Å². The lowest BCUT2D eigenvalue weighted by atomic mass is 9.81. The van der Waals surface area contributed by atoms with Crippen LogP contribution >= 0.6 is 0 Å². The van der Waals surface area contributed by atoms with Gasteiger partial charge in [-0.1, -0.05) is 54.6 Å². The van der Waals surface area contributed by atoms with Crippen LogP contribution in [-0.4, -0.2) is 24.1 Å². The molecular weight excluding hydrogens is 292 g/mol. The summed E-state index contributed by atoms with van der Waals surface area (Å²) in [6, 6.07) is 15.2. The van der Waals surface area contributed by atoms with E-state index in [-0.39, 0.29) is 29.1 Å². The monoisotopic (exact) mass is 306 g/mol. The molecule has 4 nitrogen and oxygen atoms in total. The molecule has 114 valence electrons. The van der Waals surface area contributed by atoms with Gasteiger partial charge < -0.3 is 4.74 Å². The first kappa shape index (κ1) is 14.9. The zero-order valence-electron chi connectivity index (χ0n) is 12.5. The molecule has 0 amide bonds. The highest BCUT2D eigenvalue weighted by Crippen LogP contribution is 2.32. The molecule has 0 atom stereocenters. The van der Waals surface area contributed by atoms with E-state index in [1.165, 1.54) is 0 Å². The van der Waals surface area contributed by atoms with E-state index in [1.54, 1.807) is 61.5 Å². The Labute approximate surface area is 133 Å². The summed E-state index contributed by atoms with van der Waals surface area (Å²) in [5.74, 6) is -1.58. The number of hydrogen-bond acceptors (Lipinski definition) is 4. The lowest BCUT2D eigenvalue weighted by Crippen LogP contribution is -2.27. The highest BCUT2D eigenvalue weighted by molar-refractivity contribution is 6.46. The Kier molecular flexibility index (Phi) is 3.89. The van der Waals surface area contributed by atoms with E-state index in [4.69, 9.17) is 4.74 Å². The molecule has 2 aromatic carbocycles. The Hall–Kier alpha value is -3.01. The molecule has 0 fully saturated rings. The van der Waals surface area contributed by atoms with Crippen LogP contribution in [0.25, 0.3) is 5.57 Å². The van der Waals surface area contributed by atoms with Crippen molar-refractivity contribution in [2.45, 2.75) is 6.92 Å². The molecule has 0 aliphatic heterocycles. The SMILES string of the molecule is CCOC(=O)C1=C(c2ccccc2)C(=O)c2ccccc2C1=O. The molecule has 2 aromatic rings. The lowest BCUT2D eigenvalue weighted by Gasteiger charge is -2.20. The Balaban J connectivity index is 2.27. The van der Waals surface area contributed by atoms with Crippen molar-refractivity contribution in [2.75, 3.05) is 6.61 Å². The number of rotatable bonds is 3. The fourth-order valence-corrected chi connectivity index (χ4v) is 2.65. The summed E-state index contributed by atoms with van der Waals surface area (Å²) in [5.41, 5.74) is 0.988. The fourth-order valence-electron chi connectivity index (χ4n) is 2.65. The van der Waals surface area contributed by atoms with Gasteiger partial charge in [0.1, 0.15) is 5.57 Å². The summed E-state index contributed by atoms with van der Waals surface area (Å²) >= 11 is 0. The van der Waals surface area contributed by atoms with E-state index >= 15 is 0 Å². The second kappa shape index (κ2) is 6.01. The molecule has 0 aromatic heterocycles. The first-order chi connectivity index (χ1) is 11.1. The molecule has 0 spiro atoms. The van der Waals surface area contributed by atoms with E-state index in [0.29, 0.717) is 11.1 Å². The highest BCUT2D eigenvalue weighted by atomic mass is 16.5. The minimum Gasteiger partial charge on any atom is -0.462 e. The second-order valence-electron chi connectivity index (χ2n) is 5.04. The van der Waals surface area contributed by atoms with Crippen molar-refractivity contribution in [2.24, 2.45) is 0 Å². The van der Waals surface area contributed by atoms with Crippen LogP contribution in [0.5, 0.6) is 0 Å². The molecule has 0 unspecified atom stereocenters. The third-order valence-electron chi connectivity index (χ3n) is 3.66. The number of Topliss-reactive ketones (excluding diaryl/α,β-unsaturated/α-hetero) is 2. The number of hydrogen-bond donors (Lipinski definition) is 0. The van der Waals surface area contributed by atoms with Crippen molar-refractivity contribution in [3.8, 4) is 0 Å². The van der Waals surface area contributed by atoms with Gasteiger partial charge in [0.2, 0.25) is 5.78 Å². The van der Waals surface area contributed by atoms with E-state index in [1.807, 2.05) is 0 Å². The van der Waals surface area contributed by atoms with E-state index < -0.39 is 11.8 Å². The first-order valence-corrected chi connectivity index (χ1v) is 7.30. The predicted octanol–water partition coefficient (Wildman–Crippen LogP) is 3.08. The van der Waals surface area contributed by atoms with Gasteiger partial charge in [0.05, 0.1) is 6.61 Å². The van der Waals surface area contributed by atoms with Crippen molar-refractivity contribution in [1.29, 1.82) is 0 Å². The number of ether oxygens (including phenoxy) is 1. The van der Waals surface area contributed by atoms with Gasteiger partial charge in [0, 0.05) is 16.7 Å². The summed E-state index contributed by atoms with van der Waals surface area (Å²) < 4.78 is 5.00. The van der Waals surface area contributed by atoms with Gasteiger partial charge in [-0.05, 0) is 12.5 Å². The van der Waals surface area contributed by atoms with Crippen molar-refractivity contribution in [1.82, 2.24) is 0 Å². The van der Waals surface area contributed by atoms with E-state index in [2.05, 4.69) is 0 Å². The molecule has 0 radical (unpaired) electrons. The molecule has 0 saturated carbocycles. The van der Waals surface area contributed by atoms with Crippen LogP contribution in [0, 0.1) is 0 Å². The van der Waals surface area contributed by atoms with Crippen molar-refractivity contribution in [3.05, 3.63) is 76.9 Å². The number of fused-ring (bicyclic) bond motifs is 1. The topological polar surface area (TPSA) is 60.4 Å². The molecule has 0 N–H and O–H groups in total. The second-order valence-corrected chi connectivity index (χ2v) is 5.04. The minimum absolute atomic E-state index is 0.104. The minimum atomic E-state index is -0.765. The fraction of sp³-hybridized carbons (Fsp3) is 0.105. The quantitative estimate of drug-likeness (QED) is 0.646. The molecule has 3 rings (SSSR count). The summed E-state index contributed by atoms with van der Waals surface area (Å²) in [5, 5.41) is 0. The lowest BCUT2D eigenvalue weighted by molar-refractivity contribution is -0.138. The number of ketones is 2. The molecular formula is C19H14O4. The maximum absolute atomic E-state index is 12.9. The normalized spacial score (nSPS) is 13.8. The Morgan fingerprint density at radius 2 is 1.43 bits per heavy atom. The average Bonchev–Trinajstić information content (AvgIpc) is 2.58. The van der Waals surface area contributed by atoms with Crippen molar-refractivity contribution < 1.29 is 19.1 Å². The van der Waals surface area contributed by atoms with Gasteiger partial charge in [0.25, 0.3) is 0 Å². The zero-order valence-corrected chi connectivity index (χ0v) is 12.5. The molecule has 23 heavy (non-hydrogen) atoms. The van der Waals surface area contributed by atoms with Gasteiger partial charge in [-0.3, -0.25) is 9.59 Å². The summed E-state index contributed by atoms with van der Waals surface area (Å²) in [6.45, 7) is 1.79. The van der Waals surface area contributed by atoms with Gasteiger partial charge in [-0.25, -0.2) is 4.79 Å². The molecule has 0 saturated heterocycles. The number of carbonyl (C=O) groups is 3. The van der Waals surface area contributed by atoms with Crippen LogP contribution in [0.1, 0.15) is 33.2 Å². The third-order valence-corrected chi connectivity index (χ3v) is 3.66. The van der Waals surface area contributed by atoms with Crippen LogP contribution in [0.2, 0.25) is 0 Å². The predicted molar refractivity (Wildman–Crippen MR) is 85.1 cm³/mol. The molecule has 4 heteroatoms. The molecule has 1 aliphatic rings. The smallest absolute Gasteiger partial charge is 0.342 e. The number of benzene rings is 2. The van der Waals surface area contributed by atoms with Crippen LogP contribution in [0.15, 0.2) is 60.2 Å². The number of esters is 1. The zero-order chi connectivity index (χ0) is 16.4. The van der Waals surface area contributed by atoms with Gasteiger partial charge >= 0.3 is 5.97 Å². The summed E-state index contributed by atoms with van der Waals surface area (Å²) in [4.78, 5) is 37.9. The first-order valence-electron chi connectivity index (χ1n) is 7.30. The van der Waals surface area contributed by atoms with Gasteiger partial charge in [-0.15, -0.1) is 0 Å². The summed E-state index contributed by atoms with van der Waals surface area (Å²) in [7, 11) is 0. The molecule has 0 bridgehead atoms. The largest absolute Gasteiger partial charge is 0.462 e. The third kappa shape index (κ3) is 2.48. The maximum Gasteiger partial charge on any atom is 0.342 e. The average molecular weight is 306 g/mol. The van der Waals surface area contributed by atoms with E-state index in [0.717, 1.165) is 0 Å². The Morgan fingerprint density at radius 1 is 0.870 bits per heavy atom. The van der Waals surface area contributed by atoms with Crippen molar-refractivity contribution >= 4 is 23.1 Å². The maximum atomic E-state index is 12.9. The van der Waals surface area contributed by atoms with E-state index in [9.17, 15) is 14.4 Å². The number of allylic oxidation sites excluding steroid dienone is 1. The molecule has 1 aliphatic carbocycles. The summed E-state index contributed by atoms with van der Waals surface area (Å²) in [6.07, 6.45) is 0. The van der Waals surface area contributed by atoms with Crippen LogP contribution < -0.4 is 0 Å². The highest BCUT2D eigenvalue weighted by Gasteiger charge is 2.36. The van der Waals surface area contributed by atoms with Crippen LogP contribution in [-0.2, 0) is 9.53 Å². The van der Waals surface area contributed by atoms with Crippen molar-refractivity contribution in [3.63, 3.8) is 0 Å². The van der Waals surface area contributed by atoms with Crippen LogP contribution in [0.4, 0.5) is 0 Å². The Bertz CT molecular complexity index is 831. The molecule has 0 heterocycles. The standard InChI is InChI=1S/C19H14O4/c1-2-23-19(22)16-15(12-8-4-3-5-9-12)17(20)13-10-6-7-11-14(13)18(16)21/h3-11H,2H2,1H3.